The standard InChI is InChI=1S/C22H24FN5O5S/c23-16-5-1-3-14(11-16)20-24-21(33-26-20)15-4-2-9-27(12-15)22(30)18-6-7-19(29)28(25-18)17-8-10-34(31,32)13-17/h1,3,5,11,15,17H,2,4,6-10,12-13H2. The van der Waals surface area contributed by atoms with Crippen LogP contribution in [0.15, 0.2) is 33.9 Å². The second kappa shape index (κ2) is 8.90. The number of halogens is 1. The first-order valence-electron chi connectivity index (χ1n) is 11.3. The van der Waals surface area contributed by atoms with Crippen LogP contribution < -0.4 is 0 Å². The first kappa shape index (κ1) is 22.6. The highest BCUT2D eigenvalue weighted by Crippen LogP contribution is 2.29. The summed E-state index contributed by atoms with van der Waals surface area (Å²) in [6, 6.07) is 5.41. The van der Waals surface area contributed by atoms with Crippen molar-refractivity contribution in [2.75, 3.05) is 24.6 Å². The topological polar surface area (TPSA) is 126 Å². The third-order valence-corrected chi connectivity index (χ3v) is 8.19. The van der Waals surface area contributed by atoms with Gasteiger partial charge in [0.15, 0.2) is 9.84 Å². The molecule has 2 atom stereocenters. The minimum absolute atomic E-state index is 0.0237. The van der Waals surface area contributed by atoms with Crippen LogP contribution >= 0.6 is 0 Å². The molecule has 1 aromatic heterocycles. The highest BCUT2D eigenvalue weighted by Gasteiger charge is 2.38. The molecule has 4 heterocycles. The highest BCUT2D eigenvalue weighted by molar-refractivity contribution is 7.91. The van der Waals surface area contributed by atoms with Gasteiger partial charge in [-0.25, -0.2) is 17.8 Å². The van der Waals surface area contributed by atoms with Crippen molar-refractivity contribution >= 4 is 27.4 Å². The quantitative estimate of drug-likeness (QED) is 0.640. The zero-order chi connectivity index (χ0) is 23.9. The molecule has 5 rings (SSSR count). The van der Waals surface area contributed by atoms with Crippen LogP contribution in [0.3, 0.4) is 0 Å². The molecule has 0 aliphatic carbocycles. The van der Waals surface area contributed by atoms with Gasteiger partial charge < -0.3 is 9.42 Å². The molecule has 0 radical (unpaired) electrons. The van der Waals surface area contributed by atoms with Crippen molar-refractivity contribution < 1.29 is 26.9 Å². The van der Waals surface area contributed by atoms with Gasteiger partial charge in [0.05, 0.1) is 23.5 Å². The van der Waals surface area contributed by atoms with Gasteiger partial charge in [0, 0.05) is 31.5 Å². The van der Waals surface area contributed by atoms with E-state index >= 15 is 0 Å². The Hall–Kier alpha value is -3.15. The molecule has 180 valence electrons. The number of carbonyl (C=O) groups is 2. The van der Waals surface area contributed by atoms with Crippen LogP contribution in [0.4, 0.5) is 4.39 Å². The van der Waals surface area contributed by atoms with Crippen molar-refractivity contribution in [3.8, 4) is 11.4 Å². The first-order valence-corrected chi connectivity index (χ1v) is 13.1. The summed E-state index contributed by atoms with van der Waals surface area (Å²) in [5.74, 6) is -0.524. The fourth-order valence-corrected chi connectivity index (χ4v) is 6.36. The molecule has 0 saturated carbocycles. The van der Waals surface area contributed by atoms with Crippen molar-refractivity contribution in [1.82, 2.24) is 20.0 Å². The van der Waals surface area contributed by atoms with E-state index in [0.29, 0.717) is 31.0 Å². The van der Waals surface area contributed by atoms with E-state index < -0.39 is 21.7 Å². The van der Waals surface area contributed by atoms with E-state index in [4.69, 9.17) is 4.52 Å². The Bertz CT molecular complexity index is 1260. The number of aromatic nitrogens is 2. The third-order valence-electron chi connectivity index (χ3n) is 6.44. The molecule has 3 aliphatic rings. The van der Waals surface area contributed by atoms with Crippen LogP contribution in [0.25, 0.3) is 11.4 Å². The van der Waals surface area contributed by atoms with Gasteiger partial charge in [-0.05, 0) is 31.4 Å². The zero-order valence-electron chi connectivity index (χ0n) is 18.4. The van der Waals surface area contributed by atoms with Crippen molar-refractivity contribution in [2.24, 2.45) is 5.10 Å². The lowest BCUT2D eigenvalue weighted by Gasteiger charge is -2.33. The van der Waals surface area contributed by atoms with Crippen LogP contribution in [0.5, 0.6) is 0 Å². The van der Waals surface area contributed by atoms with E-state index in [0.717, 1.165) is 12.8 Å². The third kappa shape index (κ3) is 4.59. The second-order valence-electron chi connectivity index (χ2n) is 8.90. The number of carbonyl (C=O) groups excluding carboxylic acids is 2. The summed E-state index contributed by atoms with van der Waals surface area (Å²) >= 11 is 0. The summed E-state index contributed by atoms with van der Waals surface area (Å²) in [4.78, 5) is 31.7. The Labute approximate surface area is 195 Å². The van der Waals surface area contributed by atoms with Crippen molar-refractivity contribution in [3.63, 3.8) is 0 Å². The average molecular weight is 490 g/mol. The van der Waals surface area contributed by atoms with Gasteiger partial charge in [0.2, 0.25) is 17.6 Å². The number of piperidine rings is 1. The van der Waals surface area contributed by atoms with Crippen LogP contribution in [0, 0.1) is 5.82 Å². The Balaban J connectivity index is 1.30. The van der Waals surface area contributed by atoms with Gasteiger partial charge in [-0.1, -0.05) is 17.3 Å². The molecule has 34 heavy (non-hydrogen) atoms. The van der Waals surface area contributed by atoms with Crippen LogP contribution in [0.1, 0.15) is 43.9 Å². The monoisotopic (exact) mass is 489 g/mol. The molecule has 2 unspecified atom stereocenters. The number of amides is 2. The molecule has 0 N–H and O–H groups in total. The lowest BCUT2D eigenvalue weighted by atomic mass is 9.97. The fraction of sp³-hybridized carbons (Fsp3) is 0.500. The molecule has 3 aliphatic heterocycles. The molecular formula is C22H24FN5O5S. The van der Waals surface area contributed by atoms with Gasteiger partial charge >= 0.3 is 0 Å². The molecule has 10 nitrogen and oxygen atoms in total. The van der Waals surface area contributed by atoms with Gasteiger partial charge in [0.25, 0.3) is 5.91 Å². The van der Waals surface area contributed by atoms with Crippen LogP contribution in [-0.2, 0) is 19.4 Å². The zero-order valence-corrected chi connectivity index (χ0v) is 19.2. The summed E-state index contributed by atoms with van der Waals surface area (Å²) in [6.07, 6.45) is 2.16. The predicted octanol–water partition coefficient (Wildman–Crippen LogP) is 1.75. The largest absolute Gasteiger partial charge is 0.339 e. The average Bonchev–Trinajstić information content (AvgIpc) is 3.46. The lowest BCUT2D eigenvalue weighted by molar-refractivity contribution is -0.134. The number of rotatable bonds is 4. The highest BCUT2D eigenvalue weighted by atomic mass is 32.2. The van der Waals surface area contributed by atoms with E-state index in [1.807, 2.05) is 0 Å². The molecular weight excluding hydrogens is 465 g/mol. The normalized spacial score (nSPS) is 24.9. The van der Waals surface area contributed by atoms with E-state index in [1.165, 1.54) is 17.1 Å². The first-order chi connectivity index (χ1) is 16.3. The molecule has 2 amide bonds. The smallest absolute Gasteiger partial charge is 0.270 e. The predicted molar refractivity (Wildman–Crippen MR) is 119 cm³/mol. The van der Waals surface area contributed by atoms with Gasteiger partial charge in [0.1, 0.15) is 11.5 Å². The maximum atomic E-state index is 13.5. The molecule has 2 fully saturated rings. The number of likely N-dealkylation sites (tertiary alicyclic amines) is 1. The summed E-state index contributed by atoms with van der Waals surface area (Å²) in [5.41, 5.74) is 0.768. The van der Waals surface area contributed by atoms with E-state index in [9.17, 15) is 22.4 Å². The van der Waals surface area contributed by atoms with E-state index in [-0.39, 0.29) is 53.6 Å². The van der Waals surface area contributed by atoms with Gasteiger partial charge in [-0.2, -0.15) is 10.1 Å². The Morgan fingerprint density at radius 2 is 2.06 bits per heavy atom. The van der Waals surface area contributed by atoms with Crippen LogP contribution in [-0.4, -0.2) is 76.6 Å². The molecule has 1 aromatic carbocycles. The molecule has 2 aromatic rings. The van der Waals surface area contributed by atoms with Gasteiger partial charge in [-0.15, -0.1) is 0 Å². The lowest BCUT2D eigenvalue weighted by Crippen LogP contribution is -2.47. The van der Waals surface area contributed by atoms with Crippen LogP contribution in [0.2, 0.25) is 0 Å². The number of hydrogen-bond acceptors (Lipinski definition) is 8. The Kier molecular flexibility index (Phi) is 5.92. The molecule has 2 saturated heterocycles. The minimum Gasteiger partial charge on any atom is -0.339 e. The maximum absolute atomic E-state index is 13.5. The Morgan fingerprint density at radius 1 is 1.21 bits per heavy atom. The minimum atomic E-state index is -3.19. The number of hydrogen-bond donors (Lipinski definition) is 0. The molecule has 0 spiro atoms. The number of sulfone groups is 1. The SMILES string of the molecule is O=C(C1=NN(C2CCS(=O)(=O)C2)C(=O)CC1)N1CCCC(c2nc(-c3cccc(F)c3)no2)C1. The van der Waals surface area contributed by atoms with E-state index in [2.05, 4.69) is 15.2 Å². The fourth-order valence-electron chi connectivity index (χ4n) is 4.67. The number of hydrazone groups is 1. The molecule has 12 heteroatoms. The number of nitrogens with zero attached hydrogens (tertiary/aromatic N) is 5. The summed E-state index contributed by atoms with van der Waals surface area (Å²) in [7, 11) is -3.19. The van der Waals surface area contributed by atoms with Crippen molar-refractivity contribution in [1.29, 1.82) is 0 Å². The maximum Gasteiger partial charge on any atom is 0.270 e. The second-order valence-corrected chi connectivity index (χ2v) is 11.1. The summed E-state index contributed by atoms with van der Waals surface area (Å²) < 4.78 is 42.6. The van der Waals surface area contributed by atoms with Crippen molar-refractivity contribution in [3.05, 3.63) is 36.0 Å². The Morgan fingerprint density at radius 3 is 2.82 bits per heavy atom. The summed E-state index contributed by atoms with van der Waals surface area (Å²) in [5, 5.41) is 9.46. The summed E-state index contributed by atoms with van der Waals surface area (Å²) in [6.45, 7) is 0.888. The molecule has 0 bridgehead atoms. The van der Waals surface area contributed by atoms with Crippen molar-refractivity contribution in [2.45, 2.75) is 44.1 Å². The van der Waals surface area contributed by atoms with E-state index in [1.54, 1.807) is 17.0 Å². The number of benzene rings is 1. The van der Waals surface area contributed by atoms with Gasteiger partial charge in [-0.3, -0.25) is 9.59 Å².